The molecule has 0 aliphatic heterocycles. The van der Waals surface area contributed by atoms with Crippen LogP contribution in [0.3, 0.4) is 0 Å². The zero-order valence-corrected chi connectivity index (χ0v) is 16.0. The van der Waals surface area contributed by atoms with E-state index in [-0.39, 0.29) is 22.4 Å². The highest BCUT2D eigenvalue weighted by Crippen LogP contribution is 2.34. The number of halogens is 4. The summed E-state index contributed by atoms with van der Waals surface area (Å²) in [5.74, 6) is 0.502. The molecule has 0 aliphatic carbocycles. The van der Waals surface area contributed by atoms with Gasteiger partial charge in [0.15, 0.2) is 5.16 Å². The highest BCUT2D eigenvalue weighted by atomic mass is 35.5. The van der Waals surface area contributed by atoms with Gasteiger partial charge in [-0.3, -0.25) is 4.79 Å². The van der Waals surface area contributed by atoms with E-state index in [0.717, 1.165) is 35.8 Å². The number of anilines is 1. The van der Waals surface area contributed by atoms with Gasteiger partial charge in [-0.25, -0.2) is 0 Å². The molecule has 5 nitrogen and oxygen atoms in total. The van der Waals surface area contributed by atoms with Gasteiger partial charge in [-0.1, -0.05) is 37.2 Å². The maximum atomic E-state index is 12.8. The summed E-state index contributed by atoms with van der Waals surface area (Å²) in [5, 5.41) is 11.2. The summed E-state index contributed by atoms with van der Waals surface area (Å²) in [6, 6.07) is 2.79. The van der Waals surface area contributed by atoms with Crippen molar-refractivity contribution in [1.29, 1.82) is 0 Å². The van der Waals surface area contributed by atoms with Crippen LogP contribution in [0.2, 0.25) is 5.02 Å². The Morgan fingerprint density at radius 3 is 2.62 bits per heavy atom. The molecular weight excluding hydrogens is 389 g/mol. The van der Waals surface area contributed by atoms with E-state index in [9.17, 15) is 18.0 Å². The number of rotatable bonds is 6. The third-order valence-corrected chi connectivity index (χ3v) is 4.77. The molecule has 1 aromatic carbocycles. The van der Waals surface area contributed by atoms with Crippen molar-refractivity contribution in [3.05, 3.63) is 34.6 Å². The zero-order chi connectivity index (χ0) is 19.5. The van der Waals surface area contributed by atoms with E-state index >= 15 is 0 Å². The van der Waals surface area contributed by atoms with Crippen molar-refractivity contribution >= 4 is 35.0 Å². The van der Waals surface area contributed by atoms with Crippen LogP contribution in [0.1, 0.15) is 38.1 Å². The van der Waals surface area contributed by atoms with Crippen molar-refractivity contribution in [3.8, 4) is 0 Å². The minimum Gasteiger partial charge on any atom is -0.324 e. The highest BCUT2D eigenvalue weighted by molar-refractivity contribution is 7.99. The van der Waals surface area contributed by atoms with Gasteiger partial charge in [-0.05, 0) is 25.1 Å². The van der Waals surface area contributed by atoms with Crippen molar-refractivity contribution in [2.45, 2.75) is 44.6 Å². The average molecular weight is 407 g/mol. The Balaban J connectivity index is 2.06. The smallest absolute Gasteiger partial charge is 0.324 e. The van der Waals surface area contributed by atoms with Gasteiger partial charge >= 0.3 is 6.18 Å². The lowest BCUT2D eigenvalue weighted by Crippen LogP contribution is -2.16. The molecule has 0 atom stereocenters. The first-order chi connectivity index (χ1) is 12.1. The molecule has 0 bridgehead atoms. The molecule has 26 heavy (non-hydrogen) atoms. The molecule has 1 aromatic heterocycles. The number of hydrogen-bond acceptors (Lipinski definition) is 4. The van der Waals surface area contributed by atoms with E-state index in [2.05, 4.69) is 15.5 Å². The molecule has 142 valence electrons. The van der Waals surface area contributed by atoms with Crippen LogP contribution in [0.4, 0.5) is 18.9 Å². The third-order valence-electron chi connectivity index (χ3n) is 3.48. The molecule has 1 N–H and O–H groups in total. The van der Waals surface area contributed by atoms with E-state index < -0.39 is 17.6 Å². The fraction of sp³-hybridized carbons (Fsp3) is 0.438. The van der Waals surface area contributed by atoms with Crippen LogP contribution in [-0.2, 0) is 17.5 Å². The normalized spacial score (nSPS) is 11.8. The largest absolute Gasteiger partial charge is 0.416 e. The lowest BCUT2D eigenvalue weighted by Gasteiger charge is -2.12. The molecule has 0 aliphatic rings. The maximum absolute atomic E-state index is 12.8. The van der Waals surface area contributed by atoms with E-state index in [1.165, 1.54) is 0 Å². The first-order valence-corrected chi connectivity index (χ1v) is 9.22. The summed E-state index contributed by atoms with van der Waals surface area (Å²) in [6.07, 6.45) is -4.51. The number of nitrogens with zero attached hydrogens (tertiary/aromatic N) is 3. The van der Waals surface area contributed by atoms with Crippen LogP contribution in [0.5, 0.6) is 0 Å². The summed E-state index contributed by atoms with van der Waals surface area (Å²) in [5.41, 5.74) is -0.955. The van der Waals surface area contributed by atoms with Crippen molar-refractivity contribution in [3.63, 3.8) is 0 Å². The van der Waals surface area contributed by atoms with Gasteiger partial charge in [0.05, 0.1) is 22.0 Å². The van der Waals surface area contributed by atoms with Crippen LogP contribution in [0.25, 0.3) is 0 Å². The minimum atomic E-state index is -4.51. The molecule has 1 heterocycles. The van der Waals surface area contributed by atoms with E-state index in [1.807, 2.05) is 25.3 Å². The second-order valence-electron chi connectivity index (χ2n) is 5.77. The summed E-state index contributed by atoms with van der Waals surface area (Å²) >= 11 is 7.04. The molecule has 1 amide bonds. The van der Waals surface area contributed by atoms with Gasteiger partial charge in [0.1, 0.15) is 5.82 Å². The van der Waals surface area contributed by atoms with E-state index in [1.54, 1.807) is 0 Å². The second kappa shape index (κ2) is 8.30. The molecule has 0 spiro atoms. The first-order valence-electron chi connectivity index (χ1n) is 7.86. The molecule has 0 unspecified atom stereocenters. The number of carbonyl (C=O) groups is 1. The Morgan fingerprint density at radius 1 is 1.35 bits per heavy atom. The minimum absolute atomic E-state index is 0.0250. The lowest BCUT2D eigenvalue weighted by molar-refractivity contribution is -0.137. The number of carbonyl (C=O) groups excluding carboxylic acids is 1. The molecule has 0 fully saturated rings. The Morgan fingerprint density at radius 2 is 2.04 bits per heavy atom. The van der Waals surface area contributed by atoms with Gasteiger partial charge in [-0.2, -0.15) is 13.2 Å². The SMILES string of the molecule is CCn1c(SCC(=O)Nc2cc(C(F)(F)F)ccc2Cl)nnc1C(C)C. The Kier molecular flexibility index (Phi) is 6.57. The van der Waals surface area contributed by atoms with Crippen molar-refractivity contribution < 1.29 is 18.0 Å². The first kappa shape index (κ1) is 20.6. The molecule has 0 radical (unpaired) electrons. The second-order valence-corrected chi connectivity index (χ2v) is 7.12. The average Bonchev–Trinajstić information content (AvgIpc) is 2.97. The van der Waals surface area contributed by atoms with Gasteiger partial charge in [0.2, 0.25) is 5.91 Å². The molecule has 2 rings (SSSR count). The maximum Gasteiger partial charge on any atom is 0.416 e. The van der Waals surface area contributed by atoms with Crippen LogP contribution < -0.4 is 5.32 Å². The van der Waals surface area contributed by atoms with Crippen LogP contribution in [-0.4, -0.2) is 26.4 Å². The monoisotopic (exact) mass is 406 g/mol. The predicted octanol–water partition coefficient (Wildman–Crippen LogP) is 4.82. The number of thioether (sulfide) groups is 1. The Labute approximate surface area is 158 Å². The van der Waals surface area contributed by atoms with Crippen LogP contribution in [0.15, 0.2) is 23.4 Å². The van der Waals surface area contributed by atoms with E-state index in [4.69, 9.17) is 11.6 Å². The number of nitrogens with one attached hydrogen (secondary N) is 1. The molecule has 0 saturated carbocycles. The summed E-state index contributed by atoms with van der Waals surface area (Å²) in [4.78, 5) is 12.1. The molecule has 10 heteroatoms. The molecule has 2 aromatic rings. The zero-order valence-electron chi connectivity index (χ0n) is 14.4. The summed E-state index contributed by atoms with van der Waals surface area (Å²) in [7, 11) is 0. The number of aromatic nitrogens is 3. The fourth-order valence-corrected chi connectivity index (χ4v) is 3.22. The van der Waals surface area contributed by atoms with Crippen molar-refractivity contribution in [1.82, 2.24) is 14.8 Å². The number of amides is 1. The number of hydrogen-bond donors (Lipinski definition) is 1. The predicted molar refractivity (Wildman–Crippen MR) is 95.6 cm³/mol. The van der Waals surface area contributed by atoms with Crippen molar-refractivity contribution in [2.75, 3.05) is 11.1 Å². The number of alkyl halides is 3. The lowest BCUT2D eigenvalue weighted by atomic mass is 10.2. The van der Waals surface area contributed by atoms with Crippen molar-refractivity contribution in [2.24, 2.45) is 0 Å². The standard InChI is InChI=1S/C16H18ClF3N4OS/c1-4-24-14(9(2)3)22-23-15(24)26-8-13(25)21-12-7-10(16(18,19)20)5-6-11(12)17/h5-7,9H,4,8H2,1-3H3,(H,21,25). The Hall–Kier alpha value is -1.74. The summed E-state index contributed by atoms with van der Waals surface area (Å²) < 4.78 is 40.2. The third kappa shape index (κ3) is 4.91. The van der Waals surface area contributed by atoms with Crippen LogP contribution >= 0.6 is 23.4 Å². The highest BCUT2D eigenvalue weighted by Gasteiger charge is 2.31. The van der Waals surface area contributed by atoms with E-state index in [0.29, 0.717) is 11.7 Å². The summed E-state index contributed by atoms with van der Waals surface area (Å²) in [6.45, 7) is 6.59. The van der Waals surface area contributed by atoms with Gasteiger partial charge in [-0.15, -0.1) is 10.2 Å². The quantitative estimate of drug-likeness (QED) is 0.698. The molecular formula is C16H18ClF3N4OS. The Bertz CT molecular complexity index is 792. The van der Waals surface area contributed by atoms with Gasteiger partial charge in [0.25, 0.3) is 0 Å². The van der Waals surface area contributed by atoms with Gasteiger partial charge in [0, 0.05) is 12.5 Å². The number of benzene rings is 1. The fourth-order valence-electron chi connectivity index (χ4n) is 2.24. The molecule has 0 saturated heterocycles. The van der Waals surface area contributed by atoms with Gasteiger partial charge < -0.3 is 9.88 Å². The topological polar surface area (TPSA) is 59.8 Å². The van der Waals surface area contributed by atoms with Crippen LogP contribution in [0, 0.1) is 0 Å².